The van der Waals surface area contributed by atoms with Crippen LogP contribution >= 0.6 is 0 Å². The second-order valence-corrected chi connectivity index (χ2v) is 11.2. The third-order valence-electron chi connectivity index (χ3n) is 7.51. The Morgan fingerprint density at radius 3 is 2.02 bits per heavy atom. The highest BCUT2D eigenvalue weighted by Crippen LogP contribution is 2.22. The molecule has 0 saturated carbocycles. The molecule has 1 fully saturated rings. The molecule has 0 aromatic heterocycles. The lowest BCUT2D eigenvalue weighted by atomic mass is 10.0. The Hall–Kier alpha value is -4.61. The molecule has 2 aromatic carbocycles. The molecule has 49 heavy (non-hydrogen) atoms. The van der Waals surface area contributed by atoms with Gasteiger partial charge in [-0.1, -0.05) is 54.7 Å². The minimum atomic E-state index is -4.42. The van der Waals surface area contributed by atoms with Crippen LogP contribution in [0.5, 0.6) is 0 Å². The van der Waals surface area contributed by atoms with E-state index in [-0.39, 0.29) is 5.82 Å². The third-order valence-corrected chi connectivity index (χ3v) is 7.51. The van der Waals surface area contributed by atoms with Gasteiger partial charge in [0.05, 0.1) is 5.70 Å². The van der Waals surface area contributed by atoms with E-state index in [0.717, 1.165) is 49.0 Å². The van der Waals surface area contributed by atoms with Gasteiger partial charge in [-0.15, -0.1) is 0 Å². The monoisotopic (exact) mass is 685 g/mol. The smallest absolute Gasteiger partial charge is 0.395 e. The summed E-state index contributed by atoms with van der Waals surface area (Å²) in [5.74, 6) is 0.493. The van der Waals surface area contributed by atoms with Gasteiger partial charge in [-0.05, 0) is 109 Å². The summed E-state index contributed by atoms with van der Waals surface area (Å²) >= 11 is 0. The molecule has 1 aliphatic heterocycles. The summed E-state index contributed by atoms with van der Waals surface area (Å²) in [5, 5.41) is 3.37. The zero-order valence-electron chi connectivity index (χ0n) is 29.3. The van der Waals surface area contributed by atoms with Crippen molar-refractivity contribution in [2.45, 2.75) is 59.3 Å². The first-order chi connectivity index (χ1) is 23.2. The SMILES string of the molecule is C=C(N)C(F)(F)F.C=C/C=C(\N=C(C)Nc1ccc(CN2CCC(N(C)C/C(C)=C(C)/C=C\C)CC2)cc1)c1ccc(F)cc1.C=O.C=O. The van der Waals surface area contributed by atoms with Crippen molar-refractivity contribution >= 4 is 30.8 Å². The van der Waals surface area contributed by atoms with E-state index in [0.29, 0.717) is 6.04 Å². The van der Waals surface area contributed by atoms with Crippen molar-refractivity contribution in [3.05, 3.63) is 120 Å². The number of allylic oxidation sites excluding steroid dienone is 6. The number of halogens is 4. The van der Waals surface area contributed by atoms with Gasteiger partial charge in [0, 0.05) is 30.4 Å². The molecule has 268 valence electrons. The number of benzene rings is 2. The quantitative estimate of drug-likeness (QED) is 0.113. The van der Waals surface area contributed by atoms with Crippen LogP contribution in [0.1, 0.15) is 51.7 Å². The highest BCUT2D eigenvalue weighted by molar-refractivity contribution is 5.97. The Balaban J connectivity index is 0.00000183. The molecule has 3 N–H and O–H groups in total. The maximum absolute atomic E-state index is 13.3. The number of nitrogens with zero attached hydrogens (tertiary/aromatic N) is 3. The molecule has 3 rings (SSSR count). The van der Waals surface area contributed by atoms with Gasteiger partial charge >= 0.3 is 6.18 Å². The number of hydrogen-bond acceptors (Lipinski definition) is 6. The summed E-state index contributed by atoms with van der Waals surface area (Å²) in [6.07, 6.45) is 5.82. The molecule has 2 aromatic rings. The van der Waals surface area contributed by atoms with E-state index in [9.17, 15) is 17.6 Å². The second-order valence-electron chi connectivity index (χ2n) is 11.2. The maximum atomic E-state index is 13.3. The van der Waals surface area contributed by atoms with E-state index in [1.165, 1.54) is 41.7 Å². The Morgan fingerprint density at radius 2 is 1.55 bits per heavy atom. The Kier molecular flexibility index (Phi) is 21.4. The van der Waals surface area contributed by atoms with Gasteiger partial charge < -0.3 is 20.6 Å². The van der Waals surface area contributed by atoms with Crippen LogP contribution in [0.4, 0.5) is 23.2 Å². The van der Waals surface area contributed by atoms with E-state index >= 15 is 0 Å². The number of likely N-dealkylation sites (N-methyl/N-ethyl adjacent to an activating group) is 1. The lowest BCUT2D eigenvalue weighted by Crippen LogP contribution is -2.43. The number of nitrogens with one attached hydrogen (secondary N) is 1. The zero-order valence-corrected chi connectivity index (χ0v) is 29.3. The van der Waals surface area contributed by atoms with E-state index in [4.69, 9.17) is 9.59 Å². The second kappa shape index (κ2) is 23.7. The number of aliphatic imine (C=N–C) groups is 1. The molecule has 0 unspecified atom stereocenters. The number of piperidine rings is 1. The van der Waals surface area contributed by atoms with Gasteiger partial charge in [-0.2, -0.15) is 13.2 Å². The Labute approximate surface area is 289 Å². The number of anilines is 1. The number of amidine groups is 1. The van der Waals surface area contributed by atoms with Gasteiger partial charge in [0.1, 0.15) is 30.9 Å². The average Bonchev–Trinajstić information content (AvgIpc) is 3.08. The predicted octanol–water partition coefficient (Wildman–Crippen LogP) is 8.34. The molecule has 11 heteroatoms. The van der Waals surface area contributed by atoms with Crippen molar-refractivity contribution in [3.63, 3.8) is 0 Å². The minimum absolute atomic E-state index is 0.263. The van der Waals surface area contributed by atoms with Crippen LogP contribution < -0.4 is 11.1 Å². The molecule has 7 nitrogen and oxygen atoms in total. The van der Waals surface area contributed by atoms with Crippen LogP contribution in [-0.2, 0) is 16.1 Å². The molecule has 0 atom stereocenters. The average molecular weight is 686 g/mol. The first-order valence-electron chi connectivity index (χ1n) is 15.5. The van der Waals surface area contributed by atoms with Gasteiger partial charge in [-0.3, -0.25) is 9.80 Å². The van der Waals surface area contributed by atoms with E-state index in [1.807, 2.05) is 26.6 Å². The predicted molar refractivity (Wildman–Crippen MR) is 195 cm³/mol. The lowest BCUT2D eigenvalue weighted by molar-refractivity contribution is -0.0987. The van der Waals surface area contributed by atoms with Crippen molar-refractivity contribution in [2.24, 2.45) is 10.7 Å². The molecule has 0 bridgehead atoms. The summed E-state index contributed by atoms with van der Waals surface area (Å²) in [6.45, 7) is 23.0. The normalized spacial score (nSPS) is 14.7. The number of likely N-dealkylation sites (tertiary alicyclic amines) is 1. The van der Waals surface area contributed by atoms with Gasteiger partial charge in [0.15, 0.2) is 0 Å². The molecule has 1 heterocycles. The summed E-state index contributed by atoms with van der Waals surface area (Å²) in [4.78, 5) is 25.8. The Morgan fingerprint density at radius 1 is 1.02 bits per heavy atom. The number of carbonyl (C=O) groups is 2. The number of carbonyl (C=O) groups excluding carboxylic acids is 2. The van der Waals surface area contributed by atoms with Crippen LogP contribution in [0, 0.1) is 5.82 Å². The summed E-state index contributed by atoms with van der Waals surface area (Å²) in [5.41, 5.74) is 9.69. The number of alkyl halides is 3. The fourth-order valence-corrected chi connectivity index (χ4v) is 4.84. The van der Waals surface area contributed by atoms with Crippen molar-refractivity contribution in [1.29, 1.82) is 0 Å². The molecule has 1 aliphatic rings. The highest BCUT2D eigenvalue weighted by atomic mass is 19.4. The van der Waals surface area contributed by atoms with Crippen LogP contribution in [-0.4, -0.2) is 68.1 Å². The molecule has 0 radical (unpaired) electrons. The highest BCUT2D eigenvalue weighted by Gasteiger charge is 2.29. The molecule has 0 spiro atoms. The molecule has 1 saturated heterocycles. The van der Waals surface area contributed by atoms with Crippen molar-refractivity contribution in [2.75, 3.05) is 32.0 Å². The standard InChI is InChI=1S/C33H43FN4.C3H4F3N.2CH2O/c1-7-9-25(3)26(4)23-37(6)32-19-21-38(22-20-32)24-28-11-17-31(18-12-28)35-27(5)36-33(10-8-2)29-13-15-30(34)16-14-29;1-2(7)3(4,5)6;2*1-2/h7-18,32H,2,19-24H2,1,3-6H3,(H,35,36);1,7H2;2*1H2/b9-7-,26-25+,33-10-;;;. The van der Waals surface area contributed by atoms with Gasteiger partial charge in [0.2, 0.25) is 0 Å². The number of rotatable bonds is 10. The van der Waals surface area contributed by atoms with Crippen LogP contribution in [0.15, 0.2) is 108 Å². The van der Waals surface area contributed by atoms with Crippen LogP contribution in [0.2, 0.25) is 0 Å². The fraction of sp³-hybridized carbons (Fsp3) is 0.342. The summed E-state index contributed by atoms with van der Waals surface area (Å²) in [6, 6.07) is 15.5. The Bertz CT molecular complexity index is 1410. The fourth-order valence-electron chi connectivity index (χ4n) is 4.84. The number of hydrogen-bond donors (Lipinski definition) is 2. The van der Waals surface area contributed by atoms with Crippen molar-refractivity contribution in [3.8, 4) is 0 Å². The molecule has 0 amide bonds. The lowest BCUT2D eigenvalue weighted by Gasteiger charge is -2.37. The van der Waals surface area contributed by atoms with E-state index in [1.54, 1.807) is 18.2 Å². The minimum Gasteiger partial charge on any atom is -0.395 e. The molecular formula is C38H51F4N5O2. The van der Waals surface area contributed by atoms with E-state index < -0.39 is 11.9 Å². The largest absolute Gasteiger partial charge is 0.430 e. The van der Waals surface area contributed by atoms with Crippen LogP contribution in [0.3, 0.4) is 0 Å². The summed E-state index contributed by atoms with van der Waals surface area (Å²) in [7, 11) is 2.26. The van der Waals surface area contributed by atoms with Crippen molar-refractivity contribution < 1.29 is 27.2 Å². The molecular weight excluding hydrogens is 634 g/mol. The first-order valence-corrected chi connectivity index (χ1v) is 15.5. The maximum Gasteiger partial charge on any atom is 0.430 e. The third kappa shape index (κ3) is 17.4. The van der Waals surface area contributed by atoms with Crippen LogP contribution in [0.25, 0.3) is 5.70 Å². The van der Waals surface area contributed by atoms with Crippen molar-refractivity contribution in [1.82, 2.24) is 9.80 Å². The van der Waals surface area contributed by atoms with E-state index in [2.05, 4.69) is 103 Å². The summed E-state index contributed by atoms with van der Waals surface area (Å²) < 4.78 is 46.2. The zero-order chi connectivity index (χ0) is 37.6. The first kappa shape index (κ1) is 44.4. The van der Waals surface area contributed by atoms with Gasteiger partial charge in [-0.25, -0.2) is 9.38 Å². The number of nitrogens with two attached hydrogens (primary N) is 1. The molecule has 0 aliphatic carbocycles. The van der Waals surface area contributed by atoms with Gasteiger partial charge in [0.25, 0.3) is 0 Å². The topological polar surface area (TPSA) is 91.0 Å².